The van der Waals surface area contributed by atoms with Crippen molar-refractivity contribution in [1.29, 1.82) is 0 Å². The molecule has 3 unspecified atom stereocenters. The first kappa shape index (κ1) is 27.3. The first-order valence-corrected chi connectivity index (χ1v) is 14.6. The van der Waals surface area contributed by atoms with Gasteiger partial charge in [0.15, 0.2) is 0 Å². The summed E-state index contributed by atoms with van der Waals surface area (Å²) in [4.78, 5) is 0. The Hall–Kier alpha value is -0.960. The van der Waals surface area contributed by atoms with Gasteiger partial charge in [-0.05, 0) is 36.5 Å². The number of aromatic nitrogens is 2. The van der Waals surface area contributed by atoms with E-state index >= 15 is 0 Å². The maximum atomic E-state index is 12.4. The molecule has 0 amide bonds. The molecule has 2 rings (SSSR count). The Bertz CT molecular complexity index is 735. The highest BCUT2D eigenvalue weighted by atomic mass is 32.2. The van der Waals surface area contributed by atoms with Gasteiger partial charge >= 0.3 is 0 Å². The molecule has 0 spiro atoms. The number of hydrogen-bond donors (Lipinski definition) is 0. The van der Waals surface area contributed by atoms with Crippen LogP contribution < -0.4 is 0 Å². The van der Waals surface area contributed by atoms with Crippen LogP contribution in [0.5, 0.6) is 0 Å². The summed E-state index contributed by atoms with van der Waals surface area (Å²) in [6.07, 6.45) is 8.77. The number of rotatable bonds is 16. The van der Waals surface area contributed by atoms with Crippen molar-refractivity contribution in [3.63, 3.8) is 0 Å². The lowest BCUT2D eigenvalue weighted by molar-refractivity contribution is 0.229. The van der Waals surface area contributed by atoms with Gasteiger partial charge in [-0.1, -0.05) is 67.3 Å². The van der Waals surface area contributed by atoms with E-state index in [9.17, 15) is 9.11 Å². The molecule has 2 aromatic heterocycles. The molecule has 32 heavy (non-hydrogen) atoms. The predicted octanol–water partition coefficient (Wildman–Crippen LogP) is 5.51. The van der Waals surface area contributed by atoms with Crippen LogP contribution in [0.25, 0.3) is 0 Å². The van der Waals surface area contributed by atoms with E-state index in [0.717, 1.165) is 50.0 Å². The second-order valence-corrected chi connectivity index (χ2v) is 13.6. The second-order valence-electron chi connectivity index (χ2n) is 10.2. The lowest BCUT2D eigenvalue weighted by atomic mass is 9.75. The van der Waals surface area contributed by atoms with E-state index in [2.05, 4.69) is 44.9 Å². The average Bonchev–Trinajstić information content (AvgIpc) is 3.40. The van der Waals surface area contributed by atoms with Gasteiger partial charge in [-0.3, -0.25) is 0 Å². The van der Waals surface area contributed by atoms with E-state index in [1.807, 2.05) is 12.1 Å². The molecule has 0 aliphatic rings. The molecule has 2 heterocycles. The summed E-state index contributed by atoms with van der Waals surface area (Å²) >= 11 is -1.69. The minimum absolute atomic E-state index is 0.0620. The average molecular weight is 485 g/mol. The van der Waals surface area contributed by atoms with Crippen molar-refractivity contribution in [3.8, 4) is 0 Å². The van der Waals surface area contributed by atoms with Gasteiger partial charge in [0.05, 0.1) is 12.4 Å². The zero-order valence-electron chi connectivity index (χ0n) is 20.3. The molecule has 0 aromatic carbocycles. The smallest absolute Gasteiger partial charge is 0.140 e. The SMILES string of the molecule is CC(c1ccno1)C(C)(C)CCC[S+]([O-])CCC[S+]([O-])CCCC(C)(C)Cc1ccno1. The predicted molar refractivity (Wildman–Crippen MR) is 132 cm³/mol. The second kappa shape index (κ2) is 13.1. The number of nitrogens with zero attached hydrogens (tertiary/aromatic N) is 2. The van der Waals surface area contributed by atoms with Gasteiger partial charge in [0, 0.05) is 30.9 Å². The third kappa shape index (κ3) is 9.89. The normalized spacial score (nSPS) is 15.6. The largest absolute Gasteiger partial charge is 0.616 e. The summed E-state index contributed by atoms with van der Waals surface area (Å²) in [5, 5.41) is 7.56. The van der Waals surface area contributed by atoms with Crippen LogP contribution in [0.15, 0.2) is 33.6 Å². The van der Waals surface area contributed by atoms with Crippen molar-refractivity contribution in [1.82, 2.24) is 10.3 Å². The van der Waals surface area contributed by atoms with Gasteiger partial charge in [0.1, 0.15) is 34.5 Å². The Labute approximate surface area is 199 Å². The van der Waals surface area contributed by atoms with Gasteiger partial charge in [-0.25, -0.2) is 0 Å². The van der Waals surface area contributed by atoms with Crippen molar-refractivity contribution in [2.45, 2.75) is 79.1 Å². The van der Waals surface area contributed by atoms with Crippen LogP contribution in [0.1, 0.15) is 84.2 Å². The highest BCUT2D eigenvalue weighted by Gasteiger charge is 2.29. The first-order valence-electron chi connectivity index (χ1n) is 11.6. The Kier molecular flexibility index (Phi) is 11.1. The molecule has 2 aromatic rings. The summed E-state index contributed by atoms with van der Waals surface area (Å²) in [6, 6.07) is 3.82. The molecule has 0 saturated carbocycles. The molecule has 3 atom stereocenters. The van der Waals surface area contributed by atoms with Crippen molar-refractivity contribution in [2.75, 3.05) is 23.0 Å². The van der Waals surface area contributed by atoms with Crippen LogP contribution >= 0.6 is 0 Å². The van der Waals surface area contributed by atoms with E-state index in [1.165, 1.54) is 0 Å². The van der Waals surface area contributed by atoms with Crippen molar-refractivity contribution in [2.24, 2.45) is 10.8 Å². The van der Waals surface area contributed by atoms with E-state index < -0.39 is 22.4 Å². The van der Waals surface area contributed by atoms with Gasteiger partial charge < -0.3 is 18.2 Å². The van der Waals surface area contributed by atoms with Crippen molar-refractivity contribution >= 4 is 22.4 Å². The van der Waals surface area contributed by atoms with Crippen LogP contribution in [0.4, 0.5) is 0 Å². The summed E-state index contributed by atoms with van der Waals surface area (Å²) in [5.74, 6) is 4.76. The molecule has 6 nitrogen and oxygen atoms in total. The van der Waals surface area contributed by atoms with E-state index in [0.29, 0.717) is 23.0 Å². The van der Waals surface area contributed by atoms with Crippen molar-refractivity contribution in [3.05, 3.63) is 36.0 Å². The number of hydrogen-bond acceptors (Lipinski definition) is 6. The van der Waals surface area contributed by atoms with Gasteiger partial charge in [-0.2, -0.15) is 0 Å². The monoisotopic (exact) mass is 484 g/mol. The molecule has 182 valence electrons. The standard InChI is InChI=1S/C24H40N2O4S2/c1-20(22-10-14-26-30-22)24(4,5)12-7-16-32(28)18-8-17-31(27)15-6-11-23(2,3)19-21-9-13-25-29-21/h9-10,13-14,20H,6-8,11-12,15-19H2,1-5H3. The Morgan fingerprint density at radius 3 is 1.97 bits per heavy atom. The summed E-state index contributed by atoms with van der Waals surface area (Å²) in [6.45, 7) is 11.0. The summed E-state index contributed by atoms with van der Waals surface area (Å²) < 4.78 is 35.2. The molecule has 0 saturated heterocycles. The third-order valence-electron chi connectivity index (χ3n) is 6.36. The van der Waals surface area contributed by atoms with Crippen LogP contribution in [0, 0.1) is 10.8 Å². The fourth-order valence-corrected chi connectivity index (χ4v) is 6.39. The molecule has 0 radical (unpaired) electrons. The van der Waals surface area contributed by atoms with E-state index in [4.69, 9.17) is 9.05 Å². The quantitative estimate of drug-likeness (QED) is 0.291. The highest BCUT2D eigenvalue weighted by Crippen LogP contribution is 2.39. The molecular formula is C24H40N2O4S2. The lowest BCUT2D eigenvalue weighted by Gasteiger charge is -2.30. The zero-order valence-corrected chi connectivity index (χ0v) is 21.9. The maximum Gasteiger partial charge on any atom is 0.140 e. The Morgan fingerprint density at radius 1 is 0.844 bits per heavy atom. The highest BCUT2D eigenvalue weighted by molar-refractivity contribution is 7.92. The maximum absolute atomic E-state index is 12.4. The molecule has 8 heteroatoms. The Balaban J connectivity index is 1.54. The molecule has 0 bridgehead atoms. The van der Waals surface area contributed by atoms with Crippen LogP contribution in [0.3, 0.4) is 0 Å². The molecule has 0 aliphatic heterocycles. The summed E-state index contributed by atoms with van der Waals surface area (Å²) in [7, 11) is 0. The fourth-order valence-electron chi connectivity index (χ4n) is 3.93. The molecule has 0 fully saturated rings. The molecule has 0 N–H and O–H groups in total. The third-order valence-corrected chi connectivity index (χ3v) is 9.34. The van der Waals surface area contributed by atoms with Gasteiger partial charge in [0.25, 0.3) is 0 Å². The van der Waals surface area contributed by atoms with Crippen LogP contribution in [-0.4, -0.2) is 42.4 Å². The zero-order chi connectivity index (χ0) is 23.6. The minimum atomic E-state index is -0.846. The Morgan fingerprint density at radius 2 is 1.41 bits per heavy atom. The van der Waals surface area contributed by atoms with Crippen LogP contribution in [-0.2, 0) is 28.8 Å². The minimum Gasteiger partial charge on any atom is -0.616 e. The van der Waals surface area contributed by atoms with Gasteiger partial charge in [0.2, 0.25) is 0 Å². The van der Waals surface area contributed by atoms with E-state index in [-0.39, 0.29) is 16.7 Å². The van der Waals surface area contributed by atoms with Gasteiger partial charge in [-0.15, -0.1) is 0 Å². The lowest BCUT2D eigenvalue weighted by Crippen LogP contribution is -2.22. The molecule has 0 aliphatic carbocycles. The fraction of sp³-hybridized carbons (Fsp3) is 0.750. The van der Waals surface area contributed by atoms with Crippen LogP contribution in [0.2, 0.25) is 0 Å². The topological polar surface area (TPSA) is 98.2 Å². The first-order chi connectivity index (χ1) is 15.1. The summed E-state index contributed by atoms with van der Waals surface area (Å²) in [5.41, 5.74) is 0.163. The van der Waals surface area contributed by atoms with Crippen molar-refractivity contribution < 1.29 is 18.2 Å². The molecular weight excluding hydrogens is 444 g/mol. The van der Waals surface area contributed by atoms with E-state index in [1.54, 1.807) is 12.4 Å².